The first kappa shape index (κ1) is 21.4. The largest absolute Gasteiger partial charge is 0.497 e. The number of amides is 1. The quantitative estimate of drug-likeness (QED) is 0.510. The third kappa shape index (κ3) is 5.32. The van der Waals surface area contributed by atoms with Crippen LogP contribution in [0.5, 0.6) is 11.5 Å². The van der Waals surface area contributed by atoms with E-state index in [1.165, 1.54) is 25.6 Å². The lowest BCUT2D eigenvalue weighted by molar-refractivity contribution is -0.145. The Kier molecular flexibility index (Phi) is 7.57. The zero-order valence-electron chi connectivity index (χ0n) is 16.2. The maximum Gasteiger partial charge on any atom is 0.329 e. The molecule has 150 valence electrons. The minimum absolute atomic E-state index is 0.206. The van der Waals surface area contributed by atoms with E-state index in [4.69, 9.17) is 14.2 Å². The summed E-state index contributed by atoms with van der Waals surface area (Å²) in [7, 11) is 2.95. The highest BCUT2D eigenvalue weighted by molar-refractivity contribution is 7.12. The number of carbonyl (C=O) groups excluding carboxylic acids is 3. The Bertz CT molecular complexity index is 831. The van der Waals surface area contributed by atoms with Crippen LogP contribution in [-0.4, -0.2) is 44.5 Å². The average Bonchev–Trinajstić information content (AvgIpc) is 3.23. The second kappa shape index (κ2) is 9.89. The molecule has 0 aliphatic rings. The predicted octanol–water partition coefficient (Wildman–Crippen LogP) is 2.95. The SMILES string of the molecule is COc1ccc(C(=O)COC(=O)[C@@H](NC(=O)c2cccs2)C(C)C)c(OC)c1. The monoisotopic (exact) mass is 405 g/mol. The van der Waals surface area contributed by atoms with Gasteiger partial charge in [-0.05, 0) is 29.5 Å². The number of rotatable bonds is 9. The van der Waals surface area contributed by atoms with Gasteiger partial charge in [0.1, 0.15) is 17.5 Å². The lowest BCUT2D eigenvalue weighted by atomic mass is 10.0. The van der Waals surface area contributed by atoms with E-state index < -0.39 is 24.4 Å². The number of carbonyl (C=O) groups is 3. The molecule has 0 aliphatic heterocycles. The maximum absolute atomic E-state index is 12.4. The van der Waals surface area contributed by atoms with Crippen molar-refractivity contribution >= 4 is 29.0 Å². The van der Waals surface area contributed by atoms with Crippen molar-refractivity contribution in [1.29, 1.82) is 0 Å². The van der Waals surface area contributed by atoms with Gasteiger partial charge < -0.3 is 19.5 Å². The van der Waals surface area contributed by atoms with Gasteiger partial charge in [-0.1, -0.05) is 19.9 Å². The molecular formula is C20H23NO6S. The Morgan fingerprint density at radius 2 is 1.86 bits per heavy atom. The first-order valence-electron chi connectivity index (χ1n) is 8.63. The Hall–Kier alpha value is -2.87. The summed E-state index contributed by atoms with van der Waals surface area (Å²) in [6.45, 7) is 3.11. The summed E-state index contributed by atoms with van der Waals surface area (Å²) in [4.78, 5) is 37.6. The molecule has 0 saturated carbocycles. The number of ether oxygens (including phenoxy) is 3. The second-order valence-corrected chi connectivity index (χ2v) is 7.22. The van der Waals surface area contributed by atoms with Crippen LogP contribution in [0.4, 0.5) is 0 Å². The van der Waals surface area contributed by atoms with Crippen molar-refractivity contribution < 1.29 is 28.6 Å². The zero-order chi connectivity index (χ0) is 20.7. The Morgan fingerprint density at radius 1 is 1.11 bits per heavy atom. The number of methoxy groups -OCH3 is 2. The number of thiophene rings is 1. The highest BCUT2D eigenvalue weighted by Crippen LogP contribution is 2.25. The Labute approximate surface area is 167 Å². The summed E-state index contributed by atoms with van der Waals surface area (Å²) in [5.41, 5.74) is 0.278. The van der Waals surface area contributed by atoms with Crippen LogP contribution in [0.2, 0.25) is 0 Å². The van der Waals surface area contributed by atoms with Crippen molar-refractivity contribution in [3.05, 3.63) is 46.2 Å². The van der Waals surface area contributed by atoms with Gasteiger partial charge in [0.15, 0.2) is 6.61 Å². The molecule has 0 aliphatic carbocycles. The molecule has 2 aromatic rings. The van der Waals surface area contributed by atoms with Crippen LogP contribution in [0.15, 0.2) is 35.7 Å². The summed E-state index contributed by atoms with van der Waals surface area (Å²) >= 11 is 1.28. The molecule has 28 heavy (non-hydrogen) atoms. The number of benzene rings is 1. The van der Waals surface area contributed by atoms with Crippen molar-refractivity contribution in [2.24, 2.45) is 5.92 Å². The maximum atomic E-state index is 12.4. The molecule has 7 nitrogen and oxygen atoms in total. The number of Topliss-reactive ketones (excluding diaryl/α,β-unsaturated/α-hetero) is 1. The van der Waals surface area contributed by atoms with Gasteiger partial charge >= 0.3 is 5.97 Å². The molecule has 1 heterocycles. The molecule has 0 saturated heterocycles. The summed E-state index contributed by atoms with van der Waals surface area (Å²) in [5.74, 6) is -0.773. The van der Waals surface area contributed by atoms with E-state index in [1.807, 2.05) is 0 Å². The summed E-state index contributed by atoms with van der Waals surface area (Å²) in [6, 6.07) is 7.31. The van der Waals surface area contributed by atoms with E-state index in [0.717, 1.165) is 0 Å². The normalized spacial score (nSPS) is 11.6. The summed E-state index contributed by atoms with van der Waals surface area (Å²) < 4.78 is 15.5. The lowest BCUT2D eigenvalue weighted by Crippen LogP contribution is -2.45. The van der Waals surface area contributed by atoms with E-state index in [-0.39, 0.29) is 17.4 Å². The fraction of sp³-hybridized carbons (Fsp3) is 0.350. The van der Waals surface area contributed by atoms with E-state index in [0.29, 0.717) is 16.4 Å². The topological polar surface area (TPSA) is 90.9 Å². The standard InChI is InChI=1S/C20H23NO6S/c1-12(2)18(21-19(23)17-6-5-9-28-17)20(24)27-11-15(22)14-8-7-13(25-3)10-16(14)26-4/h5-10,12,18H,11H2,1-4H3,(H,21,23)/t18-/m0/s1. The van der Waals surface area contributed by atoms with Crippen molar-refractivity contribution in [3.63, 3.8) is 0 Å². The first-order valence-corrected chi connectivity index (χ1v) is 9.51. The van der Waals surface area contributed by atoms with Crippen molar-refractivity contribution in [1.82, 2.24) is 5.32 Å². The van der Waals surface area contributed by atoms with E-state index in [9.17, 15) is 14.4 Å². The van der Waals surface area contributed by atoms with Crippen LogP contribution in [0, 0.1) is 5.92 Å². The zero-order valence-corrected chi connectivity index (χ0v) is 17.0. The van der Waals surface area contributed by atoms with Gasteiger partial charge in [-0.25, -0.2) is 4.79 Å². The van der Waals surface area contributed by atoms with Crippen LogP contribution in [-0.2, 0) is 9.53 Å². The van der Waals surface area contributed by atoms with Gasteiger partial charge in [0.2, 0.25) is 5.78 Å². The van der Waals surface area contributed by atoms with Gasteiger partial charge in [-0.2, -0.15) is 0 Å². The molecule has 1 N–H and O–H groups in total. The molecule has 0 radical (unpaired) electrons. The van der Waals surface area contributed by atoms with Crippen molar-refractivity contribution in [2.45, 2.75) is 19.9 Å². The van der Waals surface area contributed by atoms with Gasteiger partial charge in [-0.15, -0.1) is 11.3 Å². The molecule has 1 aromatic heterocycles. The molecule has 0 bridgehead atoms. The number of esters is 1. The van der Waals surface area contributed by atoms with Gasteiger partial charge in [0, 0.05) is 6.07 Å². The molecule has 0 spiro atoms. The van der Waals surface area contributed by atoms with Gasteiger partial charge in [0.25, 0.3) is 5.91 Å². The molecule has 8 heteroatoms. The summed E-state index contributed by atoms with van der Waals surface area (Å²) in [6.07, 6.45) is 0. The van der Waals surface area contributed by atoms with Crippen LogP contribution in [0.1, 0.15) is 33.9 Å². The van der Waals surface area contributed by atoms with Gasteiger partial charge in [0.05, 0.1) is 24.7 Å². The smallest absolute Gasteiger partial charge is 0.329 e. The second-order valence-electron chi connectivity index (χ2n) is 6.27. The van der Waals surface area contributed by atoms with Crippen LogP contribution in [0.25, 0.3) is 0 Å². The van der Waals surface area contributed by atoms with Crippen LogP contribution < -0.4 is 14.8 Å². The Balaban J connectivity index is 2.02. The van der Waals surface area contributed by atoms with E-state index >= 15 is 0 Å². The lowest BCUT2D eigenvalue weighted by Gasteiger charge is -2.20. The highest BCUT2D eigenvalue weighted by atomic mass is 32.1. The third-order valence-corrected chi connectivity index (χ3v) is 4.88. The van der Waals surface area contributed by atoms with E-state index in [1.54, 1.807) is 49.6 Å². The number of hydrogen-bond donors (Lipinski definition) is 1. The van der Waals surface area contributed by atoms with Crippen molar-refractivity contribution in [3.8, 4) is 11.5 Å². The molecule has 1 atom stereocenters. The highest BCUT2D eigenvalue weighted by Gasteiger charge is 2.27. The molecule has 1 amide bonds. The minimum Gasteiger partial charge on any atom is -0.497 e. The number of ketones is 1. The predicted molar refractivity (Wildman–Crippen MR) is 105 cm³/mol. The van der Waals surface area contributed by atoms with Crippen LogP contribution in [0.3, 0.4) is 0 Å². The van der Waals surface area contributed by atoms with Crippen LogP contribution >= 0.6 is 11.3 Å². The average molecular weight is 405 g/mol. The molecule has 1 aromatic carbocycles. The van der Waals surface area contributed by atoms with Gasteiger partial charge in [-0.3, -0.25) is 9.59 Å². The molecular weight excluding hydrogens is 382 g/mol. The van der Waals surface area contributed by atoms with E-state index in [2.05, 4.69) is 5.32 Å². The number of hydrogen-bond acceptors (Lipinski definition) is 7. The third-order valence-electron chi connectivity index (χ3n) is 4.01. The summed E-state index contributed by atoms with van der Waals surface area (Å²) in [5, 5.41) is 4.44. The molecule has 2 rings (SSSR count). The molecule has 0 fully saturated rings. The fourth-order valence-corrected chi connectivity index (χ4v) is 3.08. The molecule has 0 unspecified atom stereocenters. The minimum atomic E-state index is -0.861. The fourth-order valence-electron chi connectivity index (χ4n) is 2.45. The first-order chi connectivity index (χ1) is 13.4. The number of nitrogens with one attached hydrogen (secondary N) is 1. The van der Waals surface area contributed by atoms with Crippen molar-refractivity contribution in [2.75, 3.05) is 20.8 Å². The Morgan fingerprint density at radius 3 is 2.43 bits per heavy atom.